The summed E-state index contributed by atoms with van der Waals surface area (Å²) in [7, 11) is 4.14. The van der Waals surface area contributed by atoms with Crippen LogP contribution in [-0.2, 0) is 13.0 Å². The lowest BCUT2D eigenvalue weighted by Crippen LogP contribution is -2.10. The molecule has 0 saturated carbocycles. The van der Waals surface area contributed by atoms with Crippen molar-refractivity contribution in [3.8, 4) is 5.75 Å². The number of hydrogen-bond acceptors (Lipinski definition) is 2. The van der Waals surface area contributed by atoms with E-state index in [9.17, 15) is 5.11 Å². The molecule has 0 aliphatic carbocycles. The zero-order chi connectivity index (χ0) is 14.8. The fraction of sp³-hybridized carbons (Fsp3) is 0.667. The summed E-state index contributed by atoms with van der Waals surface area (Å²) in [6.07, 6.45) is 10.2. The van der Waals surface area contributed by atoms with Crippen LogP contribution in [-0.4, -0.2) is 24.1 Å². The maximum absolute atomic E-state index is 9.93. The van der Waals surface area contributed by atoms with Gasteiger partial charge < -0.3 is 10.0 Å². The van der Waals surface area contributed by atoms with Crippen molar-refractivity contribution in [2.45, 2.75) is 64.8 Å². The van der Waals surface area contributed by atoms with Crippen molar-refractivity contribution >= 4 is 0 Å². The first-order chi connectivity index (χ1) is 9.63. The van der Waals surface area contributed by atoms with Gasteiger partial charge in [0.1, 0.15) is 5.75 Å². The van der Waals surface area contributed by atoms with Crippen molar-refractivity contribution in [3.05, 3.63) is 29.3 Å². The number of unbranched alkanes of at least 4 members (excludes halogenated alkanes) is 6. The van der Waals surface area contributed by atoms with Gasteiger partial charge in [-0.25, -0.2) is 0 Å². The standard InChI is InChI=1S/C18H31NO/c1-4-5-6-7-8-9-10-11-17-14-16(15-19(2)3)12-13-18(17)20/h12-14,20H,4-11,15H2,1-3H3. The number of nitrogens with zero attached hydrogens (tertiary/aromatic N) is 1. The van der Waals surface area contributed by atoms with Crippen LogP contribution in [0.4, 0.5) is 0 Å². The van der Waals surface area contributed by atoms with Crippen LogP contribution >= 0.6 is 0 Å². The Morgan fingerprint density at radius 2 is 1.60 bits per heavy atom. The van der Waals surface area contributed by atoms with Crippen LogP contribution in [0.25, 0.3) is 0 Å². The highest BCUT2D eigenvalue weighted by molar-refractivity contribution is 5.36. The van der Waals surface area contributed by atoms with E-state index in [1.807, 2.05) is 12.1 Å². The van der Waals surface area contributed by atoms with Gasteiger partial charge in [-0.15, -0.1) is 0 Å². The van der Waals surface area contributed by atoms with E-state index in [2.05, 4.69) is 32.0 Å². The average molecular weight is 277 g/mol. The molecule has 0 aliphatic heterocycles. The second kappa shape index (κ2) is 9.82. The summed E-state index contributed by atoms with van der Waals surface area (Å²) < 4.78 is 0. The third-order valence-corrected chi connectivity index (χ3v) is 3.69. The van der Waals surface area contributed by atoms with Gasteiger partial charge in [0.2, 0.25) is 0 Å². The van der Waals surface area contributed by atoms with Crippen molar-refractivity contribution in [1.82, 2.24) is 4.90 Å². The normalized spacial score (nSPS) is 11.2. The minimum Gasteiger partial charge on any atom is -0.508 e. The maximum atomic E-state index is 9.93. The van der Waals surface area contributed by atoms with Gasteiger partial charge in [-0.1, -0.05) is 57.6 Å². The van der Waals surface area contributed by atoms with Gasteiger partial charge in [0, 0.05) is 6.54 Å². The molecule has 0 heterocycles. The first kappa shape index (κ1) is 17.0. The lowest BCUT2D eigenvalue weighted by Gasteiger charge is -2.12. The van der Waals surface area contributed by atoms with Crippen LogP contribution in [0, 0.1) is 0 Å². The highest BCUT2D eigenvalue weighted by atomic mass is 16.3. The van der Waals surface area contributed by atoms with Gasteiger partial charge in [0.15, 0.2) is 0 Å². The van der Waals surface area contributed by atoms with Crippen LogP contribution in [0.3, 0.4) is 0 Å². The Kier molecular flexibility index (Phi) is 8.36. The Balaban J connectivity index is 2.31. The molecule has 0 spiro atoms. The van der Waals surface area contributed by atoms with Crippen molar-refractivity contribution in [3.63, 3.8) is 0 Å². The molecule has 0 radical (unpaired) electrons. The second-order valence-electron chi connectivity index (χ2n) is 6.07. The average Bonchev–Trinajstić information content (AvgIpc) is 2.40. The highest BCUT2D eigenvalue weighted by Gasteiger charge is 2.04. The molecule has 0 saturated heterocycles. The van der Waals surface area contributed by atoms with Gasteiger partial charge in [-0.05, 0) is 44.1 Å². The first-order valence-corrected chi connectivity index (χ1v) is 8.09. The summed E-state index contributed by atoms with van der Waals surface area (Å²) in [5, 5.41) is 9.93. The van der Waals surface area contributed by atoms with E-state index in [4.69, 9.17) is 0 Å². The van der Waals surface area contributed by atoms with E-state index in [0.717, 1.165) is 18.5 Å². The van der Waals surface area contributed by atoms with E-state index < -0.39 is 0 Å². The summed E-state index contributed by atoms with van der Waals surface area (Å²) in [6.45, 7) is 3.19. The predicted octanol–water partition coefficient (Wildman–Crippen LogP) is 4.75. The SMILES string of the molecule is CCCCCCCCCc1cc(CN(C)C)ccc1O. The largest absolute Gasteiger partial charge is 0.508 e. The van der Waals surface area contributed by atoms with E-state index in [-0.39, 0.29) is 0 Å². The Labute approximate surface area is 124 Å². The molecule has 0 fully saturated rings. The molecule has 1 rings (SSSR count). The minimum absolute atomic E-state index is 0.457. The van der Waals surface area contributed by atoms with E-state index in [1.165, 1.54) is 50.5 Å². The molecular weight excluding hydrogens is 246 g/mol. The topological polar surface area (TPSA) is 23.5 Å². The van der Waals surface area contributed by atoms with Crippen LogP contribution < -0.4 is 0 Å². The fourth-order valence-corrected chi connectivity index (χ4v) is 2.58. The Hall–Kier alpha value is -1.02. The lowest BCUT2D eigenvalue weighted by molar-refractivity contribution is 0.401. The molecule has 2 heteroatoms. The molecule has 0 aliphatic rings. The number of hydrogen-bond donors (Lipinski definition) is 1. The molecule has 1 aromatic carbocycles. The summed E-state index contributed by atoms with van der Waals surface area (Å²) in [5.74, 6) is 0.457. The third kappa shape index (κ3) is 6.95. The van der Waals surface area contributed by atoms with Crippen LogP contribution in [0.1, 0.15) is 63.0 Å². The molecule has 20 heavy (non-hydrogen) atoms. The van der Waals surface area contributed by atoms with Crippen LogP contribution in [0.5, 0.6) is 5.75 Å². The smallest absolute Gasteiger partial charge is 0.118 e. The minimum atomic E-state index is 0.457. The van der Waals surface area contributed by atoms with Gasteiger partial charge in [-0.2, -0.15) is 0 Å². The number of benzene rings is 1. The molecule has 0 unspecified atom stereocenters. The summed E-state index contributed by atoms with van der Waals surface area (Å²) in [6, 6.07) is 6.02. The molecule has 1 N–H and O–H groups in total. The summed E-state index contributed by atoms with van der Waals surface area (Å²) in [4.78, 5) is 2.16. The van der Waals surface area contributed by atoms with Crippen molar-refractivity contribution < 1.29 is 5.11 Å². The third-order valence-electron chi connectivity index (χ3n) is 3.69. The van der Waals surface area contributed by atoms with Gasteiger partial charge in [0.05, 0.1) is 0 Å². The number of phenols is 1. The van der Waals surface area contributed by atoms with Crippen LogP contribution in [0.2, 0.25) is 0 Å². The highest BCUT2D eigenvalue weighted by Crippen LogP contribution is 2.22. The molecule has 0 atom stereocenters. The Morgan fingerprint density at radius 3 is 2.25 bits per heavy atom. The molecule has 0 bridgehead atoms. The molecule has 114 valence electrons. The first-order valence-electron chi connectivity index (χ1n) is 8.09. The fourth-order valence-electron chi connectivity index (χ4n) is 2.58. The predicted molar refractivity (Wildman–Crippen MR) is 87.2 cm³/mol. The zero-order valence-electron chi connectivity index (χ0n) is 13.5. The Bertz CT molecular complexity index is 374. The second-order valence-corrected chi connectivity index (χ2v) is 6.07. The van der Waals surface area contributed by atoms with E-state index >= 15 is 0 Å². The molecule has 1 aromatic rings. The van der Waals surface area contributed by atoms with Crippen LogP contribution in [0.15, 0.2) is 18.2 Å². The quantitative estimate of drug-likeness (QED) is 0.624. The Morgan fingerprint density at radius 1 is 0.950 bits per heavy atom. The zero-order valence-corrected chi connectivity index (χ0v) is 13.5. The number of aryl methyl sites for hydroxylation is 1. The summed E-state index contributed by atoms with van der Waals surface area (Å²) >= 11 is 0. The van der Waals surface area contributed by atoms with Crippen molar-refractivity contribution in [2.24, 2.45) is 0 Å². The number of phenolic OH excluding ortho intramolecular Hbond substituents is 1. The number of aromatic hydroxyl groups is 1. The molecule has 0 amide bonds. The molecule has 2 nitrogen and oxygen atoms in total. The molecular formula is C18H31NO. The van der Waals surface area contributed by atoms with E-state index in [1.54, 1.807) is 0 Å². The van der Waals surface area contributed by atoms with Gasteiger partial charge in [0.25, 0.3) is 0 Å². The molecule has 0 aromatic heterocycles. The number of rotatable bonds is 10. The van der Waals surface area contributed by atoms with E-state index in [0.29, 0.717) is 5.75 Å². The monoisotopic (exact) mass is 277 g/mol. The van der Waals surface area contributed by atoms with Gasteiger partial charge >= 0.3 is 0 Å². The summed E-state index contributed by atoms with van der Waals surface area (Å²) in [5.41, 5.74) is 2.39. The van der Waals surface area contributed by atoms with Crippen molar-refractivity contribution in [1.29, 1.82) is 0 Å². The maximum Gasteiger partial charge on any atom is 0.118 e. The van der Waals surface area contributed by atoms with Gasteiger partial charge in [-0.3, -0.25) is 0 Å². The van der Waals surface area contributed by atoms with Crippen molar-refractivity contribution in [2.75, 3.05) is 14.1 Å². The lowest BCUT2D eigenvalue weighted by atomic mass is 10.0.